The van der Waals surface area contributed by atoms with Crippen LogP contribution in [0, 0.1) is 5.82 Å². The third-order valence-electron chi connectivity index (χ3n) is 3.86. The van der Waals surface area contributed by atoms with E-state index in [4.69, 9.17) is 0 Å². The highest BCUT2D eigenvalue weighted by Crippen LogP contribution is 2.25. The minimum Gasteiger partial charge on any atom is -0.505 e. The molecule has 1 aliphatic rings. The van der Waals surface area contributed by atoms with Crippen LogP contribution in [-0.4, -0.2) is 47.1 Å². The second kappa shape index (κ2) is 4.86. The minimum atomic E-state index is -0.541. The number of phenolic OH excluding ortho intramolecular Hbond substituents is 1. The largest absolute Gasteiger partial charge is 0.505 e. The summed E-state index contributed by atoms with van der Waals surface area (Å²) in [6.45, 7) is 7.84. The van der Waals surface area contributed by atoms with Crippen LogP contribution in [0.2, 0.25) is 0 Å². The quantitative estimate of drug-likeness (QED) is 0.872. The molecule has 1 aliphatic heterocycles. The van der Waals surface area contributed by atoms with Crippen molar-refractivity contribution in [3.63, 3.8) is 0 Å². The molecule has 0 aliphatic carbocycles. The first-order chi connectivity index (χ1) is 8.40. The van der Waals surface area contributed by atoms with Gasteiger partial charge in [-0.2, -0.15) is 0 Å². The number of piperazine rings is 1. The summed E-state index contributed by atoms with van der Waals surface area (Å²) < 4.78 is 13.3. The predicted octanol–water partition coefficient (Wildman–Crippen LogP) is 2.06. The highest BCUT2D eigenvalue weighted by molar-refractivity contribution is 5.33. The molecule has 4 heteroatoms. The number of nitrogens with zero attached hydrogens (tertiary/aromatic N) is 2. The van der Waals surface area contributed by atoms with Gasteiger partial charge in [0.2, 0.25) is 0 Å². The number of benzene rings is 1. The van der Waals surface area contributed by atoms with Crippen molar-refractivity contribution in [2.24, 2.45) is 0 Å². The molecule has 1 aromatic rings. The number of aromatic hydroxyl groups is 1. The Morgan fingerprint density at radius 1 is 1.33 bits per heavy atom. The van der Waals surface area contributed by atoms with Crippen LogP contribution in [-0.2, 0) is 6.54 Å². The van der Waals surface area contributed by atoms with E-state index in [-0.39, 0.29) is 11.3 Å². The molecule has 0 aromatic heterocycles. The van der Waals surface area contributed by atoms with Gasteiger partial charge in [0.15, 0.2) is 11.6 Å². The van der Waals surface area contributed by atoms with Crippen LogP contribution in [0.3, 0.4) is 0 Å². The third-order valence-corrected chi connectivity index (χ3v) is 3.86. The van der Waals surface area contributed by atoms with Crippen molar-refractivity contribution in [2.45, 2.75) is 25.9 Å². The summed E-state index contributed by atoms with van der Waals surface area (Å²) in [5.41, 5.74) is 0.775. The Morgan fingerprint density at radius 3 is 2.72 bits per heavy atom. The molecule has 0 atom stereocenters. The Kier molecular flexibility index (Phi) is 3.59. The van der Waals surface area contributed by atoms with Crippen molar-refractivity contribution < 1.29 is 9.50 Å². The summed E-state index contributed by atoms with van der Waals surface area (Å²) in [7, 11) is 2.12. The van der Waals surface area contributed by atoms with E-state index in [2.05, 4.69) is 30.7 Å². The summed E-state index contributed by atoms with van der Waals surface area (Å²) in [5, 5.41) is 9.70. The summed E-state index contributed by atoms with van der Waals surface area (Å²) in [5.74, 6) is -0.755. The Bertz CT molecular complexity index is 434. The molecule has 1 fully saturated rings. The summed E-state index contributed by atoms with van der Waals surface area (Å²) in [4.78, 5) is 4.59. The lowest BCUT2D eigenvalue weighted by molar-refractivity contribution is 0.0356. The van der Waals surface area contributed by atoms with Gasteiger partial charge in [0, 0.05) is 37.3 Å². The number of phenols is 1. The molecule has 0 spiro atoms. The monoisotopic (exact) mass is 252 g/mol. The second-order valence-electron chi connectivity index (χ2n) is 5.69. The van der Waals surface area contributed by atoms with Crippen molar-refractivity contribution >= 4 is 0 Å². The maximum absolute atomic E-state index is 13.3. The standard InChI is InChI=1S/C14H21FN2O/c1-14(2)10-17(8-7-16(14)3)9-11-5-4-6-12(15)13(11)18/h4-6,18H,7-10H2,1-3H3. The van der Waals surface area contributed by atoms with E-state index < -0.39 is 5.82 Å². The molecule has 0 unspecified atom stereocenters. The van der Waals surface area contributed by atoms with Gasteiger partial charge in [-0.3, -0.25) is 9.80 Å². The fourth-order valence-electron chi connectivity index (χ4n) is 2.40. The molecule has 2 rings (SSSR count). The Morgan fingerprint density at radius 2 is 2.06 bits per heavy atom. The maximum atomic E-state index is 13.3. The molecule has 1 heterocycles. The van der Waals surface area contributed by atoms with Crippen LogP contribution < -0.4 is 0 Å². The van der Waals surface area contributed by atoms with Crippen molar-refractivity contribution in [1.29, 1.82) is 0 Å². The van der Waals surface area contributed by atoms with Crippen LogP contribution >= 0.6 is 0 Å². The molecule has 0 bridgehead atoms. The summed E-state index contributed by atoms with van der Waals surface area (Å²) >= 11 is 0. The summed E-state index contributed by atoms with van der Waals surface area (Å²) in [6.07, 6.45) is 0. The first-order valence-electron chi connectivity index (χ1n) is 6.30. The lowest BCUT2D eigenvalue weighted by Crippen LogP contribution is -2.57. The average Bonchev–Trinajstić information content (AvgIpc) is 2.29. The second-order valence-corrected chi connectivity index (χ2v) is 5.69. The highest BCUT2D eigenvalue weighted by atomic mass is 19.1. The van der Waals surface area contributed by atoms with Crippen LogP contribution in [0.15, 0.2) is 18.2 Å². The number of halogens is 1. The van der Waals surface area contributed by atoms with Gasteiger partial charge >= 0.3 is 0 Å². The van der Waals surface area contributed by atoms with Crippen molar-refractivity contribution in [3.05, 3.63) is 29.6 Å². The number of hydrogen-bond acceptors (Lipinski definition) is 3. The normalized spacial score (nSPS) is 21.1. The minimum absolute atomic E-state index is 0.112. The lowest BCUT2D eigenvalue weighted by Gasteiger charge is -2.45. The van der Waals surface area contributed by atoms with Crippen molar-refractivity contribution in [1.82, 2.24) is 9.80 Å². The zero-order chi connectivity index (χ0) is 13.3. The molecule has 1 aromatic carbocycles. The molecule has 100 valence electrons. The van der Waals surface area contributed by atoms with Crippen molar-refractivity contribution in [3.8, 4) is 5.75 Å². The zero-order valence-corrected chi connectivity index (χ0v) is 11.3. The number of para-hydroxylation sites is 1. The van der Waals surface area contributed by atoms with E-state index in [9.17, 15) is 9.50 Å². The topological polar surface area (TPSA) is 26.7 Å². The molecule has 0 saturated carbocycles. The van der Waals surface area contributed by atoms with Crippen LogP contribution in [0.25, 0.3) is 0 Å². The van der Waals surface area contributed by atoms with Gasteiger partial charge in [-0.25, -0.2) is 4.39 Å². The SMILES string of the molecule is CN1CCN(Cc2cccc(F)c2O)CC1(C)C. The number of likely N-dealkylation sites (N-methyl/N-ethyl adjacent to an activating group) is 1. The van der Waals surface area contributed by atoms with Gasteiger partial charge in [0.05, 0.1) is 0 Å². The third kappa shape index (κ3) is 2.65. The fraction of sp³-hybridized carbons (Fsp3) is 0.571. The molecule has 1 saturated heterocycles. The smallest absolute Gasteiger partial charge is 0.165 e. The zero-order valence-electron chi connectivity index (χ0n) is 11.3. The fourth-order valence-corrected chi connectivity index (χ4v) is 2.40. The summed E-state index contributed by atoms with van der Waals surface area (Å²) in [6, 6.07) is 4.71. The van der Waals surface area contributed by atoms with Crippen LogP contribution in [0.5, 0.6) is 5.75 Å². The lowest BCUT2D eigenvalue weighted by atomic mass is 9.99. The van der Waals surface area contributed by atoms with Crippen LogP contribution in [0.4, 0.5) is 4.39 Å². The molecule has 0 amide bonds. The van der Waals surface area contributed by atoms with E-state index >= 15 is 0 Å². The number of hydrogen-bond donors (Lipinski definition) is 1. The van der Waals surface area contributed by atoms with E-state index in [1.165, 1.54) is 6.07 Å². The Hall–Kier alpha value is -1.13. The molecular formula is C14H21FN2O. The van der Waals surface area contributed by atoms with Gasteiger partial charge in [0.1, 0.15) is 0 Å². The Balaban J connectivity index is 2.09. The first kappa shape index (κ1) is 13.3. The van der Waals surface area contributed by atoms with Crippen LogP contribution in [0.1, 0.15) is 19.4 Å². The molecular weight excluding hydrogens is 231 g/mol. The van der Waals surface area contributed by atoms with Gasteiger partial charge in [-0.15, -0.1) is 0 Å². The van der Waals surface area contributed by atoms with E-state index in [0.717, 1.165) is 19.6 Å². The molecule has 18 heavy (non-hydrogen) atoms. The van der Waals surface area contributed by atoms with Crippen molar-refractivity contribution in [2.75, 3.05) is 26.7 Å². The van der Waals surface area contributed by atoms with E-state index in [0.29, 0.717) is 12.1 Å². The molecule has 3 nitrogen and oxygen atoms in total. The first-order valence-corrected chi connectivity index (χ1v) is 6.30. The van der Waals surface area contributed by atoms with Gasteiger partial charge < -0.3 is 5.11 Å². The highest BCUT2D eigenvalue weighted by Gasteiger charge is 2.31. The molecule has 0 radical (unpaired) electrons. The predicted molar refractivity (Wildman–Crippen MR) is 70.1 cm³/mol. The molecule has 1 N–H and O–H groups in total. The maximum Gasteiger partial charge on any atom is 0.165 e. The van der Waals surface area contributed by atoms with E-state index in [1.54, 1.807) is 12.1 Å². The van der Waals surface area contributed by atoms with Gasteiger partial charge in [-0.1, -0.05) is 12.1 Å². The van der Waals surface area contributed by atoms with Gasteiger partial charge in [-0.05, 0) is 27.0 Å². The average molecular weight is 252 g/mol. The van der Waals surface area contributed by atoms with E-state index in [1.807, 2.05) is 0 Å². The Labute approximate surface area is 108 Å². The number of rotatable bonds is 2. The van der Waals surface area contributed by atoms with Gasteiger partial charge in [0.25, 0.3) is 0 Å².